The van der Waals surface area contributed by atoms with Crippen molar-refractivity contribution >= 4 is 12.6 Å². The summed E-state index contributed by atoms with van der Waals surface area (Å²) >= 11 is 4.10. The number of methoxy groups -OCH3 is 1. The van der Waals surface area contributed by atoms with Gasteiger partial charge in [0.25, 0.3) is 0 Å². The van der Waals surface area contributed by atoms with Crippen LogP contribution in [0.25, 0.3) is 0 Å². The second-order valence-corrected chi connectivity index (χ2v) is 3.40. The Hall–Kier alpha value is -0.670. The zero-order chi connectivity index (χ0) is 10.4. The van der Waals surface area contributed by atoms with Crippen molar-refractivity contribution in [3.8, 4) is 5.75 Å². The van der Waals surface area contributed by atoms with E-state index in [9.17, 15) is 0 Å². The van der Waals surface area contributed by atoms with Crippen LogP contribution in [0.1, 0.15) is 18.1 Å². The molecule has 1 aromatic rings. The minimum Gasteiger partial charge on any atom is -0.496 e. The van der Waals surface area contributed by atoms with Crippen LogP contribution in [0.15, 0.2) is 18.2 Å². The van der Waals surface area contributed by atoms with Gasteiger partial charge in [-0.1, -0.05) is 19.1 Å². The highest BCUT2D eigenvalue weighted by Gasteiger charge is 2.01. The molecule has 0 aliphatic carbocycles. The standard InChI is InChI=1S/C11H17NOS/c1-3-10-6-9(7-12-8-14)4-5-11(10)13-2/h4-6,12,14H,3,7-8H2,1-2H3. The van der Waals surface area contributed by atoms with E-state index in [-0.39, 0.29) is 0 Å². The third-order valence-electron chi connectivity index (χ3n) is 2.17. The molecule has 0 heterocycles. The Morgan fingerprint density at radius 3 is 2.79 bits per heavy atom. The number of aryl methyl sites for hydroxylation is 1. The number of hydrogen-bond donors (Lipinski definition) is 2. The fourth-order valence-corrected chi connectivity index (χ4v) is 1.53. The van der Waals surface area contributed by atoms with Crippen LogP contribution in [0.4, 0.5) is 0 Å². The van der Waals surface area contributed by atoms with Crippen molar-refractivity contribution in [3.05, 3.63) is 29.3 Å². The summed E-state index contributed by atoms with van der Waals surface area (Å²) in [5.41, 5.74) is 2.53. The number of hydrogen-bond acceptors (Lipinski definition) is 3. The molecule has 0 saturated heterocycles. The molecule has 78 valence electrons. The van der Waals surface area contributed by atoms with E-state index >= 15 is 0 Å². The lowest BCUT2D eigenvalue weighted by molar-refractivity contribution is 0.410. The lowest BCUT2D eigenvalue weighted by atomic mass is 10.1. The van der Waals surface area contributed by atoms with Crippen molar-refractivity contribution in [2.45, 2.75) is 19.9 Å². The van der Waals surface area contributed by atoms with E-state index in [0.717, 1.165) is 18.7 Å². The van der Waals surface area contributed by atoms with Crippen molar-refractivity contribution < 1.29 is 4.74 Å². The van der Waals surface area contributed by atoms with Gasteiger partial charge >= 0.3 is 0 Å². The van der Waals surface area contributed by atoms with E-state index in [1.165, 1.54) is 11.1 Å². The first-order valence-corrected chi connectivity index (χ1v) is 5.42. The predicted molar refractivity (Wildman–Crippen MR) is 63.1 cm³/mol. The van der Waals surface area contributed by atoms with Crippen LogP contribution in [0, 0.1) is 0 Å². The Kier molecular flexibility index (Phi) is 4.84. The van der Waals surface area contributed by atoms with Crippen LogP contribution in [0.3, 0.4) is 0 Å². The quantitative estimate of drug-likeness (QED) is 0.576. The van der Waals surface area contributed by atoms with Gasteiger partial charge < -0.3 is 10.1 Å². The van der Waals surface area contributed by atoms with Gasteiger partial charge in [0, 0.05) is 12.4 Å². The molecule has 0 unspecified atom stereocenters. The minimum absolute atomic E-state index is 0.702. The molecule has 1 N–H and O–H groups in total. The highest BCUT2D eigenvalue weighted by atomic mass is 32.1. The maximum atomic E-state index is 5.26. The Balaban J connectivity index is 2.79. The van der Waals surface area contributed by atoms with Crippen molar-refractivity contribution in [2.75, 3.05) is 13.0 Å². The first-order valence-electron chi connectivity index (χ1n) is 4.79. The van der Waals surface area contributed by atoms with Crippen LogP contribution < -0.4 is 10.1 Å². The van der Waals surface area contributed by atoms with E-state index in [1.54, 1.807) is 7.11 Å². The van der Waals surface area contributed by atoms with Crippen LogP contribution >= 0.6 is 12.6 Å². The first-order chi connectivity index (χ1) is 6.81. The Morgan fingerprint density at radius 1 is 1.43 bits per heavy atom. The van der Waals surface area contributed by atoms with Gasteiger partial charge in [-0.3, -0.25) is 0 Å². The van der Waals surface area contributed by atoms with Crippen molar-refractivity contribution in [1.29, 1.82) is 0 Å². The second kappa shape index (κ2) is 5.94. The van der Waals surface area contributed by atoms with Crippen LogP contribution in [0.2, 0.25) is 0 Å². The summed E-state index contributed by atoms with van der Waals surface area (Å²) in [6.45, 7) is 2.99. The Bertz CT molecular complexity index is 289. The monoisotopic (exact) mass is 211 g/mol. The summed E-state index contributed by atoms with van der Waals surface area (Å²) in [6.07, 6.45) is 0.998. The minimum atomic E-state index is 0.702. The van der Waals surface area contributed by atoms with Gasteiger partial charge in [0.05, 0.1) is 7.11 Å². The molecule has 2 nitrogen and oxygen atoms in total. The van der Waals surface area contributed by atoms with E-state index in [2.05, 4.69) is 37.0 Å². The van der Waals surface area contributed by atoms with Crippen LogP contribution in [0.5, 0.6) is 5.75 Å². The molecule has 0 radical (unpaired) electrons. The van der Waals surface area contributed by atoms with Crippen molar-refractivity contribution in [2.24, 2.45) is 0 Å². The Morgan fingerprint density at radius 2 is 2.21 bits per heavy atom. The van der Waals surface area contributed by atoms with Gasteiger partial charge in [-0.15, -0.1) is 0 Å². The lowest BCUT2D eigenvalue weighted by Crippen LogP contribution is -2.10. The topological polar surface area (TPSA) is 21.3 Å². The van der Waals surface area contributed by atoms with Crippen molar-refractivity contribution in [3.63, 3.8) is 0 Å². The zero-order valence-corrected chi connectivity index (χ0v) is 9.60. The summed E-state index contributed by atoms with van der Waals surface area (Å²) in [4.78, 5) is 0. The van der Waals surface area contributed by atoms with E-state index in [0.29, 0.717) is 5.88 Å². The van der Waals surface area contributed by atoms with E-state index < -0.39 is 0 Å². The van der Waals surface area contributed by atoms with Gasteiger partial charge in [0.1, 0.15) is 5.75 Å². The number of ether oxygens (including phenoxy) is 1. The highest BCUT2D eigenvalue weighted by molar-refractivity contribution is 7.80. The number of nitrogens with one attached hydrogen (secondary N) is 1. The molecule has 14 heavy (non-hydrogen) atoms. The fraction of sp³-hybridized carbons (Fsp3) is 0.455. The molecule has 0 spiro atoms. The van der Waals surface area contributed by atoms with E-state index in [4.69, 9.17) is 4.74 Å². The van der Waals surface area contributed by atoms with Gasteiger partial charge in [0.2, 0.25) is 0 Å². The zero-order valence-electron chi connectivity index (χ0n) is 8.71. The molecule has 0 atom stereocenters. The van der Waals surface area contributed by atoms with E-state index in [1.807, 2.05) is 6.07 Å². The maximum absolute atomic E-state index is 5.26. The van der Waals surface area contributed by atoms with Gasteiger partial charge in [-0.2, -0.15) is 12.6 Å². The van der Waals surface area contributed by atoms with Gasteiger partial charge in [0.15, 0.2) is 0 Å². The highest BCUT2D eigenvalue weighted by Crippen LogP contribution is 2.20. The first kappa shape index (κ1) is 11.4. The maximum Gasteiger partial charge on any atom is 0.122 e. The molecular weight excluding hydrogens is 194 g/mol. The fourth-order valence-electron chi connectivity index (χ4n) is 1.42. The summed E-state index contributed by atoms with van der Waals surface area (Å²) in [7, 11) is 1.71. The molecule has 1 aromatic carbocycles. The Labute approximate surface area is 91.1 Å². The number of rotatable bonds is 5. The summed E-state index contributed by atoms with van der Waals surface area (Å²) in [6, 6.07) is 6.28. The van der Waals surface area contributed by atoms with Crippen molar-refractivity contribution in [1.82, 2.24) is 5.32 Å². The average Bonchev–Trinajstić information content (AvgIpc) is 2.25. The molecular formula is C11H17NOS. The molecule has 0 aromatic heterocycles. The molecule has 0 amide bonds. The second-order valence-electron chi connectivity index (χ2n) is 3.08. The third kappa shape index (κ3) is 2.93. The van der Waals surface area contributed by atoms with Crippen LogP contribution in [-0.2, 0) is 13.0 Å². The summed E-state index contributed by atoms with van der Waals surface area (Å²) < 4.78 is 5.26. The molecule has 0 aliphatic rings. The predicted octanol–water partition coefficient (Wildman–Crippen LogP) is 2.23. The number of benzene rings is 1. The number of thiol groups is 1. The molecule has 1 rings (SSSR count). The molecule has 0 saturated carbocycles. The SMILES string of the molecule is CCc1cc(CNCS)ccc1OC. The molecule has 0 bridgehead atoms. The third-order valence-corrected chi connectivity index (χ3v) is 2.39. The largest absolute Gasteiger partial charge is 0.496 e. The van der Waals surface area contributed by atoms with Gasteiger partial charge in [-0.05, 0) is 23.6 Å². The molecule has 3 heteroatoms. The van der Waals surface area contributed by atoms with Crippen LogP contribution in [-0.4, -0.2) is 13.0 Å². The van der Waals surface area contributed by atoms with Gasteiger partial charge in [-0.25, -0.2) is 0 Å². The summed E-state index contributed by atoms with van der Waals surface area (Å²) in [5, 5.41) is 3.18. The molecule has 0 aliphatic heterocycles. The lowest BCUT2D eigenvalue weighted by Gasteiger charge is -2.09. The normalized spacial score (nSPS) is 10.2. The summed E-state index contributed by atoms with van der Waals surface area (Å²) in [5.74, 6) is 1.68. The average molecular weight is 211 g/mol. The smallest absolute Gasteiger partial charge is 0.122 e. The molecule has 0 fully saturated rings.